The topological polar surface area (TPSA) is 95.0 Å². The van der Waals surface area contributed by atoms with Crippen LogP contribution in [0.3, 0.4) is 0 Å². The minimum absolute atomic E-state index is 0.110. The highest BCUT2D eigenvalue weighted by atomic mass is 16.5. The number of hydrogen-bond acceptors (Lipinski definition) is 6. The first-order valence-electron chi connectivity index (χ1n) is 11.2. The smallest absolute Gasteiger partial charge is 0.248 e. The number of hydroxylamine groups is 1. The van der Waals surface area contributed by atoms with Gasteiger partial charge in [-0.25, -0.2) is 10.5 Å². The number of nitrogens with one attached hydrogen (secondary N) is 1. The number of likely N-dealkylation sites (N-methyl/N-ethyl adjacent to an activating group) is 1. The second-order valence-electron chi connectivity index (χ2n) is 8.74. The molecular weight excluding hydrogens is 420 g/mol. The van der Waals surface area contributed by atoms with Crippen molar-refractivity contribution in [3.05, 3.63) is 65.9 Å². The number of aromatic nitrogens is 1. The van der Waals surface area contributed by atoms with E-state index in [-0.39, 0.29) is 12.0 Å². The van der Waals surface area contributed by atoms with Crippen LogP contribution in [-0.4, -0.2) is 70.6 Å². The van der Waals surface area contributed by atoms with Gasteiger partial charge in [-0.15, -0.1) is 0 Å². The van der Waals surface area contributed by atoms with Gasteiger partial charge in [0.25, 0.3) is 0 Å². The summed E-state index contributed by atoms with van der Waals surface area (Å²) in [6, 6.07) is 13.2. The van der Waals surface area contributed by atoms with E-state index in [0.717, 1.165) is 12.0 Å². The number of benzene rings is 1. The first-order chi connectivity index (χ1) is 16.0. The van der Waals surface area contributed by atoms with Crippen LogP contribution in [0.5, 0.6) is 5.88 Å². The second kappa shape index (κ2) is 10.1. The molecule has 2 aliphatic rings. The highest BCUT2D eigenvalue weighted by molar-refractivity contribution is 5.90. The number of carbonyl (C=O) groups excluding carboxylic acids is 2. The molecule has 1 aromatic carbocycles. The second-order valence-corrected chi connectivity index (χ2v) is 8.74. The summed E-state index contributed by atoms with van der Waals surface area (Å²) in [7, 11) is 1.81. The van der Waals surface area contributed by atoms with Gasteiger partial charge in [0, 0.05) is 31.9 Å². The van der Waals surface area contributed by atoms with Crippen molar-refractivity contribution in [2.24, 2.45) is 5.92 Å². The fourth-order valence-corrected chi connectivity index (χ4v) is 4.72. The third kappa shape index (κ3) is 5.23. The van der Waals surface area contributed by atoms with Crippen molar-refractivity contribution < 1.29 is 19.5 Å². The molecule has 1 aromatic heterocycles. The highest BCUT2D eigenvalue weighted by Crippen LogP contribution is 2.29. The lowest BCUT2D eigenvalue weighted by atomic mass is 9.86. The van der Waals surface area contributed by atoms with Crippen molar-refractivity contribution in [2.45, 2.75) is 31.9 Å². The molecule has 0 saturated carbocycles. The third-order valence-corrected chi connectivity index (χ3v) is 6.41. The Balaban J connectivity index is 1.47. The molecule has 3 heterocycles. The maximum absolute atomic E-state index is 13.5. The van der Waals surface area contributed by atoms with Gasteiger partial charge in [-0.1, -0.05) is 36.4 Å². The normalized spacial score (nSPS) is 23.5. The molecular formula is C25H30N4O4. The summed E-state index contributed by atoms with van der Waals surface area (Å²) in [5.41, 5.74) is 5.16. The Labute approximate surface area is 193 Å². The maximum atomic E-state index is 13.5. The number of amides is 2. The standard InChI is InChI=1S/C25H30N4O4/c1-17-8-11-26-22(14-17)33-20-15-21(24(30)27-32)23(28(2)16-20)25(31)29-12-9-19(10-13-29)18-6-4-3-5-7-18/h3-9,11,14,20-21,23,32H,10,12-13,15-16H2,1-2H3,(H,27,30)/t20-,21-,23-/m0/s1. The molecule has 2 amide bonds. The summed E-state index contributed by atoms with van der Waals surface area (Å²) in [6.45, 7) is 3.51. The predicted octanol–water partition coefficient (Wildman–Crippen LogP) is 2.28. The molecule has 2 aliphatic heterocycles. The summed E-state index contributed by atoms with van der Waals surface area (Å²) < 4.78 is 6.02. The van der Waals surface area contributed by atoms with Gasteiger partial charge in [0.15, 0.2) is 0 Å². The minimum Gasteiger partial charge on any atom is -0.473 e. The predicted molar refractivity (Wildman–Crippen MR) is 123 cm³/mol. The Morgan fingerprint density at radius 3 is 2.67 bits per heavy atom. The van der Waals surface area contributed by atoms with E-state index in [1.807, 2.05) is 49.2 Å². The van der Waals surface area contributed by atoms with Gasteiger partial charge >= 0.3 is 0 Å². The van der Waals surface area contributed by atoms with Crippen molar-refractivity contribution in [3.63, 3.8) is 0 Å². The van der Waals surface area contributed by atoms with Gasteiger partial charge in [-0.05, 0) is 49.6 Å². The molecule has 0 radical (unpaired) electrons. The zero-order chi connectivity index (χ0) is 23.4. The number of carbonyl (C=O) groups is 2. The molecule has 8 nitrogen and oxygen atoms in total. The molecule has 2 N–H and O–H groups in total. The number of hydrogen-bond donors (Lipinski definition) is 2. The number of nitrogens with zero attached hydrogens (tertiary/aromatic N) is 3. The molecule has 1 fully saturated rings. The number of piperidine rings is 1. The Morgan fingerprint density at radius 1 is 1.21 bits per heavy atom. The number of aryl methyl sites for hydroxylation is 1. The van der Waals surface area contributed by atoms with Crippen molar-refractivity contribution in [3.8, 4) is 5.88 Å². The zero-order valence-corrected chi connectivity index (χ0v) is 19.0. The summed E-state index contributed by atoms with van der Waals surface area (Å²) in [6.07, 6.45) is 4.49. The van der Waals surface area contributed by atoms with Gasteiger partial charge in [0.1, 0.15) is 12.1 Å². The van der Waals surface area contributed by atoms with Gasteiger partial charge < -0.3 is 9.64 Å². The van der Waals surface area contributed by atoms with Crippen molar-refractivity contribution in [1.29, 1.82) is 0 Å². The van der Waals surface area contributed by atoms with Crippen LogP contribution in [0.25, 0.3) is 5.57 Å². The van der Waals surface area contributed by atoms with Gasteiger partial charge in [0.2, 0.25) is 17.7 Å². The number of pyridine rings is 1. The summed E-state index contributed by atoms with van der Waals surface area (Å²) in [4.78, 5) is 33.9. The van der Waals surface area contributed by atoms with E-state index in [1.165, 1.54) is 11.1 Å². The monoisotopic (exact) mass is 450 g/mol. The van der Waals surface area contributed by atoms with E-state index >= 15 is 0 Å². The average molecular weight is 451 g/mol. The van der Waals surface area contributed by atoms with E-state index in [9.17, 15) is 14.8 Å². The summed E-state index contributed by atoms with van der Waals surface area (Å²) >= 11 is 0. The molecule has 3 atom stereocenters. The fourth-order valence-electron chi connectivity index (χ4n) is 4.72. The van der Waals surface area contributed by atoms with Crippen LogP contribution in [0, 0.1) is 12.8 Å². The highest BCUT2D eigenvalue weighted by Gasteiger charge is 2.45. The van der Waals surface area contributed by atoms with Crippen molar-refractivity contribution >= 4 is 17.4 Å². The molecule has 174 valence electrons. The average Bonchev–Trinajstić information content (AvgIpc) is 2.83. The van der Waals surface area contributed by atoms with E-state index < -0.39 is 17.9 Å². The minimum atomic E-state index is -0.740. The van der Waals surface area contributed by atoms with E-state index in [0.29, 0.717) is 31.9 Å². The van der Waals surface area contributed by atoms with Gasteiger partial charge in [-0.3, -0.25) is 19.7 Å². The van der Waals surface area contributed by atoms with Gasteiger partial charge in [0.05, 0.1) is 5.92 Å². The van der Waals surface area contributed by atoms with Crippen molar-refractivity contribution in [1.82, 2.24) is 20.3 Å². The number of ether oxygens (including phenoxy) is 1. The van der Waals surface area contributed by atoms with Crippen LogP contribution >= 0.6 is 0 Å². The Bertz CT molecular complexity index is 1030. The van der Waals surface area contributed by atoms with Crippen molar-refractivity contribution in [2.75, 3.05) is 26.7 Å². The maximum Gasteiger partial charge on any atom is 0.248 e. The van der Waals surface area contributed by atoms with Crippen LogP contribution in [0.2, 0.25) is 0 Å². The third-order valence-electron chi connectivity index (χ3n) is 6.41. The molecule has 0 bridgehead atoms. The van der Waals surface area contributed by atoms with E-state index in [2.05, 4.69) is 23.2 Å². The Hall–Kier alpha value is -3.23. The Morgan fingerprint density at radius 2 is 2.00 bits per heavy atom. The van der Waals surface area contributed by atoms with Crippen LogP contribution in [-0.2, 0) is 9.59 Å². The van der Waals surface area contributed by atoms with E-state index in [4.69, 9.17) is 4.74 Å². The molecule has 0 unspecified atom stereocenters. The summed E-state index contributed by atoms with van der Waals surface area (Å²) in [5.74, 6) is -0.948. The quantitative estimate of drug-likeness (QED) is 0.536. The SMILES string of the molecule is Cc1ccnc(O[C@H]2C[C@H](C(=O)NO)[C@@H](C(=O)N3CC=C(c4ccccc4)CC3)N(C)C2)c1. The van der Waals surface area contributed by atoms with Crippen LogP contribution in [0.4, 0.5) is 0 Å². The lowest BCUT2D eigenvalue weighted by Crippen LogP contribution is -2.60. The Kier molecular flexibility index (Phi) is 7.05. The fraction of sp³-hybridized carbons (Fsp3) is 0.400. The zero-order valence-electron chi connectivity index (χ0n) is 19.0. The van der Waals surface area contributed by atoms with Crippen LogP contribution in [0.15, 0.2) is 54.7 Å². The number of likely N-dealkylation sites (tertiary alicyclic amines) is 1. The molecule has 4 rings (SSSR count). The molecule has 2 aromatic rings. The lowest BCUT2D eigenvalue weighted by molar-refractivity contribution is -0.151. The summed E-state index contributed by atoms with van der Waals surface area (Å²) in [5, 5.41) is 9.35. The molecule has 0 aliphatic carbocycles. The first kappa shape index (κ1) is 22.9. The van der Waals surface area contributed by atoms with E-state index in [1.54, 1.807) is 16.6 Å². The lowest BCUT2D eigenvalue weighted by Gasteiger charge is -2.42. The molecule has 1 saturated heterocycles. The molecule has 33 heavy (non-hydrogen) atoms. The molecule has 8 heteroatoms. The van der Waals surface area contributed by atoms with Gasteiger partial charge in [-0.2, -0.15) is 0 Å². The van der Waals surface area contributed by atoms with Crippen LogP contribution in [0.1, 0.15) is 24.0 Å². The largest absolute Gasteiger partial charge is 0.473 e. The first-order valence-corrected chi connectivity index (χ1v) is 11.2. The molecule has 0 spiro atoms. The van der Waals surface area contributed by atoms with Crippen LogP contribution < -0.4 is 10.2 Å². The number of rotatable bonds is 5.